The summed E-state index contributed by atoms with van der Waals surface area (Å²) >= 11 is 28.2. The van der Waals surface area contributed by atoms with E-state index in [1.165, 1.54) is 4.90 Å². The van der Waals surface area contributed by atoms with Crippen LogP contribution in [0.25, 0.3) is 0 Å². The van der Waals surface area contributed by atoms with E-state index in [0.29, 0.717) is 26.3 Å². The van der Waals surface area contributed by atoms with Crippen molar-refractivity contribution in [2.75, 3.05) is 26.3 Å². The molecule has 0 unspecified atom stereocenters. The summed E-state index contributed by atoms with van der Waals surface area (Å²) in [5.74, 6) is -0.423. The zero-order valence-electron chi connectivity index (χ0n) is 8.48. The smallest absolute Gasteiger partial charge is 0.267 e. The Morgan fingerprint density at radius 3 is 1.88 bits per heavy atom. The normalized spacial score (nSPS) is 17.6. The summed E-state index contributed by atoms with van der Waals surface area (Å²) in [5, 5.41) is -0.524. The van der Waals surface area contributed by atoms with Crippen molar-refractivity contribution < 1.29 is 9.53 Å². The number of carbonyl (C=O) groups excluding carboxylic acids is 1. The highest BCUT2D eigenvalue weighted by molar-refractivity contribution is 6.62. The highest BCUT2D eigenvalue weighted by Crippen LogP contribution is 2.32. The Bertz CT molecular complexity index is 370. The van der Waals surface area contributed by atoms with Gasteiger partial charge in [-0.15, -0.1) is 0 Å². The van der Waals surface area contributed by atoms with Crippen LogP contribution in [-0.4, -0.2) is 37.1 Å². The average Bonchev–Trinajstić information content (AvgIpc) is 2.36. The maximum Gasteiger partial charge on any atom is 0.267 e. The molecule has 17 heavy (non-hydrogen) atoms. The summed E-state index contributed by atoms with van der Waals surface area (Å²) < 4.78 is 4.87. The van der Waals surface area contributed by atoms with Crippen LogP contribution in [-0.2, 0) is 9.53 Å². The van der Waals surface area contributed by atoms with Gasteiger partial charge in [0.1, 0.15) is 9.52 Å². The van der Waals surface area contributed by atoms with Crippen molar-refractivity contribution >= 4 is 63.9 Å². The first-order valence-corrected chi connectivity index (χ1v) is 6.47. The molecule has 0 atom stereocenters. The first kappa shape index (κ1) is 15.4. The fourth-order valence-electron chi connectivity index (χ4n) is 1.18. The van der Waals surface area contributed by atoms with Gasteiger partial charge < -0.3 is 9.64 Å². The average molecular weight is 339 g/mol. The molecule has 8 heteroatoms. The summed E-state index contributed by atoms with van der Waals surface area (Å²) in [6.45, 7) is 1.84. The molecule has 0 aromatic carbocycles. The Labute approximate surface area is 124 Å². The molecular formula is C9H8Cl5NO2. The summed E-state index contributed by atoms with van der Waals surface area (Å²) in [6, 6.07) is 0. The molecule has 1 saturated heterocycles. The number of carbonyl (C=O) groups is 1. The summed E-state index contributed by atoms with van der Waals surface area (Å²) in [5.41, 5.74) is 0. The quantitative estimate of drug-likeness (QED) is 0.570. The van der Waals surface area contributed by atoms with Crippen molar-refractivity contribution in [3.05, 3.63) is 19.6 Å². The van der Waals surface area contributed by atoms with E-state index >= 15 is 0 Å². The highest BCUT2D eigenvalue weighted by atomic mass is 35.5. The Balaban J connectivity index is 2.87. The van der Waals surface area contributed by atoms with Gasteiger partial charge in [0.05, 0.1) is 23.3 Å². The van der Waals surface area contributed by atoms with E-state index in [4.69, 9.17) is 62.7 Å². The molecule has 0 spiro atoms. The minimum Gasteiger partial charge on any atom is -0.378 e. The van der Waals surface area contributed by atoms with Crippen molar-refractivity contribution in [3.8, 4) is 0 Å². The first-order chi connectivity index (χ1) is 7.95. The van der Waals surface area contributed by atoms with Crippen LogP contribution in [0.15, 0.2) is 19.6 Å². The molecule has 0 saturated carbocycles. The van der Waals surface area contributed by atoms with Gasteiger partial charge in [0.15, 0.2) is 0 Å². The maximum absolute atomic E-state index is 11.9. The van der Waals surface area contributed by atoms with Gasteiger partial charge in [0, 0.05) is 13.1 Å². The molecule has 96 valence electrons. The molecule has 1 aliphatic heterocycles. The van der Waals surface area contributed by atoms with Gasteiger partial charge in [-0.25, -0.2) is 0 Å². The van der Waals surface area contributed by atoms with Crippen LogP contribution >= 0.6 is 58.0 Å². The molecule has 0 bridgehead atoms. The number of morpholine rings is 1. The number of allylic oxidation sites excluding steroid dienone is 2. The predicted octanol–water partition coefficient (Wildman–Crippen LogP) is 3.42. The lowest BCUT2D eigenvalue weighted by Gasteiger charge is -2.26. The van der Waals surface area contributed by atoms with Crippen molar-refractivity contribution in [2.45, 2.75) is 0 Å². The monoisotopic (exact) mass is 337 g/mol. The zero-order chi connectivity index (χ0) is 13.0. The fraction of sp³-hybridized carbons (Fsp3) is 0.444. The van der Waals surface area contributed by atoms with Crippen LogP contribution in [0.1, 0.15) is 0 Å². The molecule has 0 aliphatic carbocycles. The lowest BCUT2D eigenvalue weighted by Crippen LogP contribution is -2.40. The Kier molecular flexibility index (Phi) is 6.41. The van der Waals surface area contributed by atoms with Crippen LogP contribution in [0.2, 0.25) is 0 Å². The van der Waals surface area contributed by atoms with Crippen LogP contribution in [0, 0.1) is 0 Å². The van der Waals surface area contributed by atoms with Crippen molar-refractivity contribution in [1.29, 1.82) is 0 Å². The minimum absolute atomic E-state index is 0.151. The third-order valence-electron chi connectivity index (χ3n) is 2.04. The first-order valence-electron chi connectivity index (χ1n) is 4.58. The molecule has 0 radical (unpaired) electrons. The molecule has 0 aromatic heterocycles. The highest BCUT2D eigenvalue weighted by Gasteiger charge is 2.23. The number of nitrogens with zero attached hydrogens (tertiary/aromatic N) is 1. The largest absolute Gasteiger partial charge is 0.378 e. The number of hydrogen-bond donors (Lipinski definition) is 0. The molecule has 0 aromatic rings. The number of hydrogen-bond acceptors (Lipinski definition) is 2. The van der Waals surface area contributed by atoms with E-state index in [1.807, 2.05) is 0 Å². The SMILES string of the molecule is O=C(C(Cl)=C(Cl)C(Cl)=C(Cl)Cl)N1CCOCC1. The van der Waals surface area contributed by atoms with Crippen LogP contribution in [0.5, 0.6) is 0 Å². The Morgan fingerprint density at radius 2 is 1.41 bits per heavy atom. The number of amides is 1. The second-order valence-corrected chi connectivity index (χ2v) is 5.19. The van der Waals surface area contributed by atoms with E-state index in [9.17, 15) is 4.79 Å². The van der Waals surface area contributed by atoms with Crippen molar-refractivity contribution in [3.63, 3.8) is 0 Å². The van der Waals surface area contributed by atoms with Crippen LogP contribution in [0.4, 0.5) is 0 Å². The lowest BCUT2D eigenvalue weighted by molar-refractivity contribution is -0.130. The van der Waals surface area contributed by atoms with E-state index in [0.717, 1.165) is 0 Å². The maximum atomic E-state index is 11.9. The number of halogens is 5. The van der Waals surface area contributed by atoms with Gasteiger partial charge in [0.2, 0.25) is 0 Å². The summed E-state index contributed by atoms with van der Waals surface area (Å²) in [7, 11) is 0. The third kappa shape index (κ3) is 4.19. The predicted molar refractivity (Wildman–Crippen MR) is 70.7 cm³/mol. The summed E-state index contributed by atoms with van der Waals surface area (Å²) in [4.78, 5) is 13.4. The second kappa shape index (κ2) is 7.07. The molecule has 1 aliphatic rings. The molecule has 1 heterocycles. The number of ether oxygens (including phenoxy) is 1. The molecule has 0 N–H and O–H groups in total. The van der Waals surface area contributed by atoms with Gasteiger partial charge in [-0.1, -0.05) is 58.0 Å². The van der Waals surface area contributed by atoms with E-state index < -0.39 is 5.91 Å². The van der Waals surface area contributed by atoms with Gasteiger partial charge in [-0.05, 0) is 0 Å². The van der Waals surface area contributed by atoms with E-state index in [-0.39, 0.29) is 19.6 Å². The molecule has 3 nitrogen and oxygen atoms in total. The molecule has 1 fully saturated rings. The van der Waals surface area contributed by atoms with Crippen molar-refractivity contribution in [2.24, 2.45) is 0 Å². The molecule has 1 rings (SSSR count). The summed E-state index contributed by atoms with van der Waals surface area (Å²) in [6.07, 6.45) is 0. The molecular weight excluding hydrogens is 331 g/mol. The third-order valence-corrected chi connectivity index (χ3v) is 3.91. The number of rotatable bonds is 2. The van der Waals surface area contributed by atoms with Crippen LogP contribution < -0.4 is 0 Å². The standard InChI is InChI=1S/C9H8Cl5NO2/c10-5(6(11)8(13)14)7(12)9(16)15-1-3-17-4-2-15/h1-4H2. The fourth-order valence-corrected chi connectivity index (χ4v) is 2.00. The Hall–Kier alpha value is 0.360. The minimum atomic E-state index is -0.423. The topological polar surface area (TPSA) is 29.5 Å². The Morgan fingerprint density at radius 1 is 0.882 bits per heavy atom. The van der Waals surface area contributed by atoms with Gasteiger partial charge in [-0.3, -0.25) is 4.79 Å². The molecule has 1 amide bonds. The lowest BCUT2D eigenvalue weighted by atomic mass is 10.3. The van der Waals surface area contributed by atoms with E-state index in [2.05, 4.69) is 0 Å². The van der Waals surface area contributed by atoms with Crippen molar-refractivity contribution in [1.82, 2.24) is 4.90 Å². The van der Waals surface area contributed by atoms with Gasteiger partial charge in [-0.2, -0.15) is 0 Å². The van der Waals surface area contributed by atoms with Gasteiger partial charge >= 0.3 is 0 Å². The van der Waals surface area contributed by atoms with Crippen LogP contribution in [0.3, 0.4) is 0 Å². The zero-order valence-corrected chi connectivity index (χ0v) is 12.3. The second-order valence-electron chi connectivity index (χ2n) is 3.11. The van der Waals surface area contributed by atoms with E-state index in [1.54, 1.807) is 0 Å². The van der Waals surface area contributed by atoms with Gasteiger partial charge in [0.25, 0.3) is 5.91 Å².